The van der Waals surface area contributed by atoms with Gasteiger partial charge in [0.05, 0.1) is 23.4 Å². The second kappa shape index (κ2) is 16.1. The van der Waals surface area contributed by atoms with Crippen LogP contribution in [0.15, 0.2) is 188 Å². The first kappa shape index (κ1) is 37.2. The number of para-hydroxylation sites is 2. The van der Waals surface area contributed by atoms with Crippen LogP contribution in [0.5, 0.6) is 11.5 Å². The van der Waals surface area contributed by atoms with Gasteiger partial charge in [-0.1, -0.05) is 157 Å². The fraction of sp³-hybridized carbons (Fsp3) is 0.169. The summed E-state index contributed by atoms with van der Waals surface area (Å²) >= 11 is 0. The molecule has 9 aromatic rings. The summed E-state index contributed by atoms with van der Waals surface area (Å²) in [5.74, 6) is 2.10. The first-order chi connectivity index (χ1) is 32.1. The molecule has 0 saturated carbocycles. The molecule has 2 aromatic heterocycles. The van der Waals surface area contributed by atoms with Gasteiger partial charge in [0, 0.05) is 62.4 Å². The van der Waals surface area contributed by atoms with E-state index in [-0.39, 0.29) is 10.8 Å². The third-order valence-electron chi connectivity index (χ3n) is 12.4. The second-order valence-corrected chi connectivity index (χ2v) is 18.8. The highest BCUT2D eigenvalue weighted by Crippen LogP contribution is 2.42. The molecule has 5 heteroatoms. The summed E-state index contributed by atoms with van der Waals surface area (Å²) in [5.41, 5.74) is 11.8. The summed E-state index contributed by atoms with van der Waals surface area (Å²) < 4.78 is 35.3. The van der Waals surface area contributed by atoms with E-state index < -0.39 is 6.85 Å². The minimum atomic E-state index is -2.35. The van der Waals surface area contributed by atoms with E-state index in [9.17, 15) is 0 Å². The zero-order valence-corrected chi connectivity index (χ0v) is 37.3. The van der Waals surface area contributed by atoms with Crippen LogP contribution in [0, 0.1) is 6.85 Å². The summed E-state index contributed by atoms with van der Waals surface area (Å²) in [4.78, 5) is 9.71. The zero-order valence-electron chi connectivity index (χ0n) is 40.3. The van der Waals surface area contributed by atoms with Crippen molar-refractivity contribution in [1.29, 1.82) is 0 Å². The number of ether oxygens (including phenoxy) is 1. The molecule has 0 radical (unpaired) electrons. The maximum absolute atomic E-state index is 8.75. The van der Waals surface area contributed by atoms with E-state index in [1.165, 1.54) is 11.1 Å². The average Bonchev–Trinajstić information content (AvgIpc) is 3.94. The molecule has 0 atom stereocenters. The van der Waals surface area contributed by atoms with Crippen LogP contribution in [0.3, 0.4) is 0 Å². The lowest BCUT2D eigenvalue weighted by molar-refractivity contribution is 0.479. The molecule has 64 heavy (non-hydrogen) atoms. The molecule has 10 rings (SSSR count). The van der Waals surface area contributed by atoms with Gasteiger partial charge in [0.1, 0.15) is 17.3 Å². The predicted molar refractivity (Wildman–Crippen MR) is 269 cm³/mol. The molecule has 1 aliphatic heterocycles. The third-order valence-corrected chi connectivity index (χ3v) is 12.4. The summed E-state index contributed by atoms with van der Waals surface area (Å²) in [5, 5.41) is 2.13. The summed E-state index contributed by atoms with van der Waals surface area (Å²) in [6.07, 6.45) is 6.17. The molecular weight excluding hydrogens is 781 g/mol. The van der Waals surface area contributed by atoms with Gasteiger partial charge in [-0.3, -0.25) is 4.57 Å². The molecule has 0 aliphatic carbocycles. The predicted octanol–water partition coefficient (Wildman–Crippen LogP) is 15.6. The second-order valence-electron chi connectivity index (χ2n) is 18.8. The molecule has 0 spiro atoms. The number of hydrogen-bond donors (Lipinski definition) is 0. The minimum absolute atomic E-state index is 0.144. The van der Waals surface area contributed by atoms with E-state index in [2.05, 4.69) is 178 Å². The van der Waals surface area contributed by atoms with Gasteiger partial charge in [0.2, 0.25) is 0 Å². The molecule has 7 aromatic carbocycles. The van der Waals surface area contributed by atoms with Crippen LogP contribution in [0.25, 0.3) is 61.0 Å². The van der Waals surface area contributed by atoms with E-state index in [1.807, 2.05) is 66.9 Å². The molecule has 0 N–H and O–H groups in total. The summed E-state index contributed by atoms with van der Waals surface area (Å²) in [6, 6.07) is 58.2. The highest BCUT2D eigenvalue weighted by molar-refractivity contribution is 6.09. The van der Waals surface area contributed by atoms with Gasteiger partial charge in [-0.15, -0.1) is 0 Å². The van der Waals surface area contributed by atoms with E-state index >= 15 is 0 Å². The molecule has 5 nitrogen and oxygen atoms in total. The maximum atomic E-state index is 8.75. The van der Waals surface area contributed by atoms with Crippen LogP contribution in [0.4, 0.5) is 11.4 Å². The number of rotatable bonds is 8. The first-order valence-electron chi connectivity index (χ1n) is 23.5. The SMILES string of the molecule is [2H]C([2H])([2H])c1cc(C(C)(C)C)ccc1-c1cc(-n2c3ccccc3c3ccc(Oc4cc(N5C=CN(c6ccccc6-c6ccccc6)C5)cc(C(C)(C)C)c4)cc32)ncc1-c1ccccc1. The van der Waals surface area contributed by atoms with Gasteiger partial charge >= 0.3 is 0 Å². The molecule has 0 fully saturated rings. The molecule has 0 amide bonds. The van der Waals surface area contributed by atoms with E-state index in [0.29, 0.717) is 29.4 Å². The number of benzene rings is 7. The quantitative estimate of drug-likeness (QED) is 0.153. The van der Waals surface area contributed by atoms with Crippen LogP contribution < -0.4 is 14.5 Å². The number of aryl methyl sites for hydroxylation is 1. The number of nitrogens with zero attached hydrogens (tertiary/aromatic N) is 4. The van der Waals surface area contributed by atoms with Crippen LogP contribution in [-0.4, -0.2) is 16.2 Å². The highest BCUT2D eigenvalue weighted by Gasteiger charge is 2.24. The molecule has 1 aliphatic rings. The van der Waals surface area contributed by atoms with Crippen molar-refractivity contribution in [3.63, 3.8) is 0 Å². The van der Waals surface area contributed by atoms with E-state index in [0.717, 1.165) is 66.7 Å². The van der Waals surface area contributed by atoms with Crippen LogP contribution in [0.2, 0.25) is 0 Å². The highest BCUT2D eigenvalue weighted by atomic mass is 16.5. The Morgan fingerprint density at radius 3 is 1.94 bits per heavy atom. The Morgan fingerprint density at radius 1 is 0.516 bits per heavy atom. The Labute approximate surface area is 381 Å². The smallest absolute Gasteiger partial charge is 0.138 e. The van der Waals surface area contributed by atoms with Crippen molar-refractivity contribution in [3.05, 3.63) is 205 Å². The number of aromatic nitrogens is 2. The van der Waals surface area contributed by atoms with Gasteiger partial charge in [-0.05, 0) is 99.1 Å². The van der Waals surface area contributed by atoms with E-state index in [1.54, 1.807) is 0 Å². The van der Waals surface area contributed by atoms with Gasteiger partial charge in [0.25, 0.3) is 0 Å². The molecule has 0 unspecified atom stereocenters. The molecule has 0 bridgehead atoms. The van der Waals surface area contributed by atoms with Crippen LogP contribution in [-0.2, 0) is 10.8 Å². The lowest BCUT2D eigenvalue weighted by Crippen LogP contribution is -2.25. The van der Waals surface area contributed by atoms with Gasteiger partial charge in [-0.25, -0.2) is 4.98 Å². The Hall–Kier alpha value is -7.37. The average molecular weight is 838 g/mol. The summed E-state index contributed by atoms with van der Waals surface area (Å²) in [6.45, 7) is 11.3. The number of pyridine rings is 1. The molecule has 0 saturated heterocycles. The van der Waals surface area contributed by atoms with Crippen molar-refractivity contribution in [3.8, 4) is 50.7 Å². The number of anilines is 2. The molecule has 316 valence electrons. The van der Waals surface area contributed by atoms with Crippen molar-refractivity contribution in [2.45, 2.75) is 59.2 Å². The first-order valence-corrected chi connectivity index (χ1v) is 22.0. The largest absolute Gasteiger partial charge is 0.457 e. The standard InChI is InChI=1S/C59H54N4O/c1-40-32-43(58(2,3)4)26-28-48(40)52-37-57(60-38-53(52)42-20-12-9-13-21-42)63-55-25-17-15-23-50(55)51-29-27-46(36-56(51)63)64-47-34-44(59(5,6)7)33-45(35-47)61-30-31-62(39-61)54-24-16-14-22-49(54)41-18-10-8-11-19-41/h8-38H,39H2,1-7H3/i1D3. The Kier molecular flexibility index (Phi) is 9.35. The van der Waals surface area contributed by atoms with Crippen molar-refractivity contribution >= 4 is 33.2 Å². The lowest BCUT2D eigenvalue weighted by Gasteiger charge is -2.26. The van der Waals surface area contributed by atoms with Crippen LogP contribution in [0.1, 0.15) is 62.3 Å². The maximum Gasteiger partial charge on any atom is 0.138 e. The normalized spacial score (nSPS) is 13.9. The lowest BCUT2D eigenvalue weighted by atomic mass is 9.84. The van der Waals surface area contributed by atoms with Gasteiger partial charge in [-0.2, -0.15) is 0 Å². The Morgan fingerprint density at radius 2 is 1.19 bits per heavy atom. The molecule has 3 heterocycles. The zero-order chi connectivity index (χ0) is 46.7. The third kappa shape index (κ3) is 7.72. The minimum Gasteiger partial charge on any atom is -0.457 e. The Bertz CT molecular complexity index is 3320. The van der Waals surface area contributed by atoms with Gasteiger partial charge in [0.15, 0.2) is 0 Å². The Balaban J connectivity index is 1.06. The topological polar surface area (TPSA) is 33.5 Å². The van der Waals surface area contributed by atoms with Gasteiger partial charge < -0.3 is 14.5 Å². The van der Waals surface area contributed by atoms with Crippen molar-refractivity contribution < 1.29 is 8.85 Å². The van der Waals surface area contributed by atoms with Crippen molar-refractivity contribution in [1.82, 2.24) is 9.55 Å². The number of hydrogen-bond acceptors (Lipinski definition) is 4. The summed E-state index contributed by atoms with van der Waals surface area (Å²) in [7, 11) is 0. The number of fused-ring (bicyclic) bond motifs is 3. The van der Waals surface area contributed by atoms with Crippen molar-refractivity contribution in [2.24, 2.45) is 0 Å². The monoisotopic (exact) mass is 837 g/mol. The van der Waals surface area contributed by atoms with E-state index in [4.69, 9.17) is 13.8 Å². The fourth-order valence-electron chi connectivity index (χ4n) is 8.85. The molecular formula is C59H54N4O. The fourth-order valence-corrected chi connectivity index (χ4v) is 8.85. The van der Waals surface area contributed by atoms with Crippen LogP contribution >= 0.6 is 0 Å². The van der Waals surface area contributed by atoms with Crippen molar-refractivity contribution in [2.75, 3.05) is 16.5 Å².